The maximum Gasteiger partial charge on any atom is 0.331 e. The number of benzene rings is 1. The number of nitrogens with zero attached hydrogens (tertiary/aromatic N) is 1. The molecule has 0 saturated heterocycles. The molecule has 1 atom stereocenters. The van der Waals surface area contributed by atoms with Crippen LogP contribution >= 0.6 is 0 Å². The summed E-state index contributed by atoms with van der Waals surface area (Å²) in [6.45, 7) is 3.53. The molecule has 5 heteroatoms. The largest absolute Gasteiger partial charge is 0.496 e. The number of carboxylic acids is 1. The number of rotatable bonds is 6. The molecule has 0 aromatic heterocycles. The normalized spacial score (nSPS) is 12.0. The lowest BCUT2D eigenvalue weighted by atomic mass is 10.0. The van der Waals surface area contributed by atoms with Crippen molar-refractivity contribution >= 4 is 12.4 Å². The van der Waals surface area contributed by atoms with Gasteiger partial charge in [0.2, 0.25) is 6.41 Å². The zero-order valence-electron chi connectivity index (χ0n) is 10.7. The first kappa shape index (κ1) is 14.0. The number of aliphatic carboxylic acids is 1. The average molecular weight is 251 g/mol. The molecular formula is C13H17NO4. The fourth-order valence-electron chi connectivity index (χ4n) is 1.79. The maximum atomic E-state index is 11.4. The first-order chi connectivity index (χ1) is 8.52. The van der Waals surface area contributed by atoms with Crippen LogP contribution in [0.2, 0.25) is 0 Å². The lowest BCUT2D eigenvalue weighted by Gasteiger charge is -2.29. The molecule has 0 spiro atoms. The summed E-state index contributed by atoms with van der Waals surface area (Å²) in [6, 6.07) is 5.54. The van der Waals surface area contributed by atoms with E-state index in [1.807, 2.05) is 0 Å². The van der Waals surface area contributed by atoms with Crippen molar-refractivity contribution < 1.29 is 19.4 Å². The van der Waals surface area contributed by atoms with Gasteiger partial charge in [0.15, 0.2) is 6.04 Å². The van der Waals surface area contributed by atoms with Crippen molar-refractivity contribution in [2.45, 2.75) is 25.9 Å². The van der Waals surface area contributed by atoms with E-state index in [2.05, 4.69) is 0 Å². The van der Waals surface area contributed by atoms with E-state index in [0.717, 1.165) is 0 Å². The van der Waals surface area contributed by atoms with Crippen LogP contribution < -0.4 is 4.74 Å². The molecule has 1 rings (SSSR count). The topological polar surface area (TPSA) is 66.8 Å². The number of amides is 1. The van der Waals surface area contributed by atoms with Gasteiger partial charge in [-0.05, 0) is 19.9 Å². The summed E-state index contributed by atoms with van der Waals surface area (Å²) in [5.41, 5.74) is 0.466. The lowest BCUT2D eigenvalue weighted by Crippen LogP contribution is -2.38. The molecule has 1 unspecified atom stereocenters. The van der Waals surface area contributed by atoms with Crippen LogP contribution in [0.5, 0.6) is 5.75 Å². The van der Waals surface area contributed by atoms with Crippen LogP contribution in [0.3, 0.4) is 0 Å². The first-order valence-corrected chi connectivity index (χ1v) is 5.61. The van der Waals surface area contributed by atoms with E-state index < -0.39 is 12.0 Å². The van der Waals surface area contributed by atoms with Gasteiger partial charge in [0.25, 0.3) is 0 Å². The van der Waals surface area contributed by atoms with E-state index in [4.69, 9.17) is 4.74 Å². The highest BCUT2D eigenvalue weighted by molar-refractivity contribution is 5.79. The highest BCUT2D eigenvalue weighted by atomic mass is 16.5. The minimum atomic E-state index is -1.08. The average Bonchev–Trinajstić information content (AvgIpc) is 2.34. The molecule has 0 heterocycles. The standard InChI is InChI=1S/C13H17NO4/c1-9(2)14(8-15)12(13(16)17)10-6-4-5-7-11(10)18-3/h4-9,12H,1-3H3,(H,16,17). The zero-order valence-corrected chi connectivity index (χ0v) is 10.7. The molecule has 5 nitrogen and oxygen atoms in total. The van der Waals surface area contributed by atoms with E-state index in [9.17, 15) is 14.7 Å². The van der Waals surface area contributed by atoms with Crippen molar-refractivity contribution in [1.29, 1.82) is 0 Å². The minimum absolute atomic E-state index is 0.214. The number of carbonyl (C=O) groups excluding carboxylic acids is 1. The van der Waals surface area contributed by atoms with Crippen molar-refractivity contribution in [3.63, 3.8) is 0 Å². The number of para-hydroxylation sites is 1. The molecule has 0 radical (unpaired) electrons. The van der Waals surface area contributed by atoms with Crippen LogP contribution in [0, 0.1) is 0 Å². The van der Waals surface area contributed by atoms with Gasteiger partial charge in [-0.2, -0.15) is 0 Å². The highest BCUT2D eigenvalue weighted by Crippen LogP contribution is 2.29. The summed E-state index contributed by atoms with van der Waals surface area (Å²) < 4.78 is 5.14. The van der Waals surface area contributed by atoms with E-state index in [0.29, 0.717) is 17.7 Å². The van der Waals surface area contributed by atoms with Gasteiger partial charge in [-0.3, -0.25) is 4.79 Å². The first-order valence-electron chi connectivity index (χ1n) is 5.61. The Morgan fingerprint density at radius 1 is 1.39 bits per heavy atom. The fourth-order valence-corrected chi connectivity index (χ4v) is 1.79. The monoisotopic (exact) mass is 251 g/mol. The molecule has 1 N–H and O–H groups in total. The summed E-state index contributed by atoms with van der Waals surface area (Å²) in [5, 5.41) is 9.34. The molecule has 1 amide bonds. The highest BCUT2D eigenvalue weighted by Gasteiger charge is 2.30. The fraction of sp³-hybridized carbons (Fsp3) is 0.385. The smallest absolute Gasteiger partial charge is 0.331 e. The Morgan fingerprint density at radius 2 is 2.00 bits per heavy atom. The maximum absolute atomic E-state index is 11.4. The third-order valence-electron chi connectivity index (χ3n) is 2.68. The summed E-state index contributed by atoms with van der Waals surface area (Å²) in [7, 11) is 1.47. The molecule has 0 bridgehead atoms. The predicted octanol–water partition coefficient (Wildman–Crippen LogP) is 1.69. The molecule has 0 aliphatic rings. The molecule has 0 aliphatic carbocycles. The van der Waals surface area contributed by atoms with Gasteiger partial charge < -0.3 is 14.7 Å². The molecule has 0 saturated carbocycles. The second-order valence-electron chi connectivity index (χ2n) is 4.13. The third-order valence-corrected chi connectivity index (χ3v) is 2.68. The third kappa shape index (κ3) is 2.80. The summed E-state index contributed by atoms with van der Waals surface area (Å²) in [6.07, 6.45) is 0.551. The second-order valence-corrected chi connectivity index (χ2v) is 4.13. The van der Waals surface area contributed by atoms with Gasteiger partial charge in [-0.15, -0.1) is 0 Å². The summed E-state index contributed by atoms with van der Waals surface area (Å²) in [5.74, 6) is -0.627. The molecule has 1 aromatic carbocycles. The Hall–Kier alpha value is -2.04. The van der Waals surface area contributed by atoms with Crippen molar-refractivity contribution in [3.05, 3.63) is 29.8 Å². The SMILES string of the molecule is COc1ccccc1C(C(=O)O)N(C=O)C(C)C. The van der Waals surface area contributed by atoms with Crippen molar-refractivity contribution in [2.75, 3.05) is 7.11 Å². The number of hydrogen-bond donors (Lipinski definition) is 1. The Bertz CT molecular complexity index is 431. The minimum Gasteiger partial charge on any atom is -0.496 e. The lowest BCUT2D eigenvalue weighted by molar-refractivity contribution is -0.148. The number of ether oxygens (including phenoxy) is 1. The van der Waals surface area contributed by atoms with E-state index in [-0.39, 0.29) is 6.04 Å². The second kappa shape index (κ2) is 6.05. The Labute approximate surface area is 106 Å². The number of carboxylic acid groups (broad SMARTS) is 1. The summed E-state index contributed by atoms with van der Waals surface area (Å²) in [4.78, 5) is 23.8. The zero-order chi connectivity index (χ0) is 13.7. The molecular weight excluding hydrogens is 234 g/mol. The quantitative estimate of drug-likeness (QED) is 0.781. The molecule has 1 aromatic rings. The number of methoxy groups -OCH3 is 1. The predicted molar refractivity (Wildman–Crippen MR) is 66.4 cm³/mol. The van der Waals surface area contributed by atoms with Gasteiger partial charge in [0.1, 0.15) is 5.75 Å². The van der Waals surface area contributed by atoms with Crippen LogP contribution in [0.25, 0.3) is 0 Å². The van der Waals surface area contributed by atoms with Crippen molar-refractivity contribution in [2.24, 2.45) is 0 Å². The molecule has 18 heavy (non-hydrogen) atoms. The van der Waals surface area contributed by atoms with Crippen LogP contribution in [-0.2, 0) is 9.59 Å². The molecule has 0 fully saturated rings. The van der Waals surface area contributed by atoms with Crippen LogP contribution in [0.4, 0.5) is 0 Å². The van der Waals surface area contributed by atoms with Crippen molar-refractivity contribution in [3.8, 4) is 5.75 Å². The number of hydrogen-bond acceptors (Lipinski definition) is 3. The number of carbonyl (C=O) groups is 2. The Balaban J connectivity index is 3.27. The summed E-state index contributed by atoms with van der Waals surface area (Å²) >= 11 is 0. The van der Waals surface area contributed by atoms with Crippen LogP contribution in [0.1, 0.15) is 25.5 Å². The van der Waals surface area contributed by atoms with Crippen LogP contribution in [-0.4, -0.2) is 35.5 Å². The van der Waals surface area contributed by atoms with Gasteiger partial charge >= 0.3 is 5.97 Å². The van der Waals surface area contributed by atoms with Crippen LogP contribution in [0.15, 0.2) is 24.3 Å². The van der Waals surface area contributed by atoms with Gasteiger partial charge in [-0.25, -0.2) is 4.79 Å². The van der Waals surface area contributed by atoms with E-state index in [1.165, 1.54) is 12.0 Å². The van der Waals surface area contributed by atoms with Gasteiger partial charge in [-0.1, -0.05) is 18.2 Å². The Kier molecular flexibility index (Phi) is 4.71. The molecule has 0 aliphatic heterocycles. The molecule has 98 valence electrons. The van der Waals surface area contributed by atoms with E-state index in [1.54, 1.807) is 38.1 Å². The van der Waals surface area contributed by atoms with E-state index >= 15 is 0 Å². The Morgan fingerprint density at radius 3 is 2.44 bits per heavy atom. The van der Waals surface area contributed by atoms with Crippen molar-refractivity contribution in [1.82, 2.24) is 4.90 Å². The van der Waals surface area contributed by atoms with Gasteiger partial charge in [0.05, 0.1) is 7.11 Å². The van der Waals surface area contributed by atoms with Gasteiger partial charge in [0, 0.05) is 11.6 Å².